The molecule has 1 atom stereocenters. The van der Waals surface area contributed by atoms with Crippen molar-refractivity contribution in [2.75, 3.05) is 25.2 Å². The van der Waals surface area contributed by atoms with E-state index in [1.807, 2.05) is 18.2 Å². The standard InChI is InChI=1S/C18H19N3O5S2/c1-25-12-6-5-11-8-16(26-15(11)9-12)13-10-27-18(19-13)20-17(22)14-4-3-7-21(14)28(2,23)24/h5-6,8-10,14H,3-4,7H2,1-2H3,(H,19,20,22). The van der Waals surface area contributed by atoms with Gasteiger partial charge in [-0.2, -0.15) is 4.31 Å². The van der Waals surface area contributed by atoms with Crippen LogP contribution in [0.3, 0.4) is 0 Å². The summed E-state index contributed by atoms with van der Waals surface area (Å²) in [6, 6.07) is 6.73. The van der Waals surface area contributed by atoms with E-state index in [1.165, 1.54) is 15.6 Å². The summed E-state index contributed by atoms with van der Waals surface area (Å²) in [6.45, 7) is 0.364. The maximum Gasteiger partial charge on any atom is 0.244 e. The first-order chi connectivity index (χ1) is 13.3. The molecule has 3 heterocycles. The Labute approximate surface area is 166 Å². The van der Waals surface area contributed by atoms with Gasteiger partial charge in [0.15, 0.2) is 10.9 Å². The van der Waals surface area contributed by atoms with Gasteiger partial charge in [-0.1, -0.05) is 0 Å². The van der Waals surface area contributed by atoms with E-state index in [1.54, 1.807) is 18.6 Å². The van der Waals surface area contributed by atoms with E-state index in [0.717, 1.165) is 11.6 Å². The number of aromatic nitrogens is 1. The number of nitrogens with one attached hydrogen (secondary N) is 1. The van der Waals surface area contributed by atoms with Crippen molar-refractivity contribution in [3.05, 3.63) is 29.6 Å². The van der Waals surface area contributed by atoms with Gasteiger partial charge in [-0.3, -0.25) is 4.79 Å². The van der Waals surface area contributed by atoms with E-state index in [9.17, 15) is 13.2 Å². The second-order valence-corrected chi connectivity index (χ2v) is 9.37. The van der Waals surface area contributed by atoms with E-state index < -0.39 is 16.1 Å². The highest BCUT2D eigenvalue weighted by molar-refractivity contribution is 7.88. The third-order valence-electron chi connectivity index (χ3n) is 4.65. The van der Waals surface area contributed by atoms with E-state index in [2.05, 4.69) is 10.3 Å². The van der Waals surface area contributed by atoms with Gasteiger partial charge < -0.3 is 14.5 Å². The van der Waals surface area contributed by atoms with Gasteiger partial charge in [-0.25, -0.2) is 13.4 Å². The van der Waals surface area contributed by atoms with Crippen LogP contribution in [0.4, 0.5) is 5.13 Å². The Balaban J connectivity index is 1.52. The molecule has 1 aliphatic rings. The first-order valence-corrected chi connectivity index (χ1v) is 11.4. The van der Waals surface area contributed by atoms with Crippen molar-refractivity contribution in [2.45, 2.75) is 18.9 Å². The van der Waals surface area contributed by atoms with Crippen LogP contribution in [0, 0.1) is 0 Å². The zero-order chi connectivity index (χ0) is 19.9. The molecule has 1 amide bonds. The van der Waals surface area contributed by atoms with E-state index >= 15 is 0 Å². The molecule has 1 aliphatic heterocycles. The molecule has 8 nitrogen and oxygen atoms in total. The van der Waals surface area contributed by atoms with Gasteiger partial charge in [0.1, 0.15) is 23.1 Å². The van der Waals surface area contributed by atoms with Crippen LogP contribution in [0.1, 0.15) is 12.8 Å². The van der Waals surface area contributed by atoms with Gasteiger partial charge in [0.2, 0.25) is 15.9 Å². The van der Waals surface area contributed by atoms with Gasteiger partial charge in [-0.05, 0) is 31.0 Å². The number of amides is 1. The average Bonchev–Trinajstić information content (AvgIpc) is 3.38. The molecule has 3 aromatic rings. The summed E-state index contributed by atoms with van der Waals surface area (Å²) in [4.78, 5) is 17.0. The van der Waals surface area contributed by atoms with Crippen molar-refractivity contribution in [3.8, 4) is 17.2 Å². The number of furan rings is 1. The van der Waals surface area contributed by atoms with Crippen LogP contribution < -0.4 is 10.1 Å². The maximum absolute atomic E-state index is 12.5. The van der Waals surface area contributed by atoms with Gasteiger partial charge in [0, 0.05) is 23.4 Å². The molecule has 10 heteroatoms. The van der Waals surface area contributed by atoms with Crippen molar-refractivity contribution in [3.63, 3.8) is 0 Å². The Bertz CT molecular complexity index is 1140. The highest BCUT2D eigenvalue weighted by atomic mass is 32.2. The molecule has 1 aromatic carbocycles. The average molecular weight is 422 g/mol. The molecule has 2 aromatic heterocycles. The van der Waals surface area contributed by atoms with Crippen LogP contribution in [-0.4, -0.2) is 49.6 Å². The molecule has 1 N–H and O–H groups in total. The largest absolute Gasteiger partial charge is 0.497 e. The fourth-order valence-corrected chi connectivity index (χ4v) is 5.12. The van der Waals surface area contributed by atoms with Gasteiger partial charge >= 0.3 is 0 Å². The van der Waals surface area contributed by atoms with Crippen LogP contribution in [0.2, 0.25) is 0 Å². The lowest BCUT2D eigenvalue weighted by Gasteiger charge is -2.20. The van der Waals surface area contributed by atoms with Crippen LogP contribution in [-0.2, 0) is 14.8 Å². The number of benzene rings is 1. The third kappa shape index (κ3) is 3.62. The summed E-state index contributed by atoms with van der Waals surface area (Å²) in [5.41, 5.74) is 1.28. The summed E-state index contributed by atoms with van der Waals surface area (Å²) in [5, 5.41) is 5.84. The number of carbonyl (C=O) groups excluding carboxylic acids is 1. The Morgan fingerprint density at radius 1 is 1.39 bits per heavy atom. The van der Waals surface area contributed by atoms with E-state index in [-0.39, 0.29) is 5.91 Å². The number of ether oxygens (including phenoxy) is 1. The van der Waals surface area contributed by atoms with Crippen LogP contribution in [0.5, 0.6) is 5.75 Å². The van der Waals surface area contributed by atoms with Crippen molar-refractivity contribution < 1.29 is 22.4 Å². The molecule has 0 spiro atoms. The summed E-state index contributed by atoms with van der Waals surface area (Å²) in [6.07, 6.45) is 2.29. The molecule has 28 heavy (non-hydrogen) atoms. The normalized spacial score (nSPS) is 17.9. The Morgan fingerprint density at radius 2 is 2.21 bits per heavy atom. The number of hydrogen-bond acceptors (Lipinski definition) is 7. The smallest absolute Gasteiger partial charge is 0.244 e. The highest BCUT2D eigenvalue weighted by Gasteiger charge is 2.36. The lowest BCUT2D eigenvalue weighted by atomic mass is 10.2. The minimum atomic E-state index is -3.42. The number of hydrogen-bond donors (Lipinski definition) is 1. The van der Waals surface area contributed by atoms with Gasteiger partial charge in [0.25, 0.3) is 0 Å². The van der Waals surface area contributed by atoms with E-state index in [4.69, 9.17) is 9.15 Å². The lowest BCUT2D eigenvalue weighted by molar-refractivity contribution is -0.119. The first kappa shape index (κ1) is 18.9. The van der Waals surface area contributed by atoms with E-state index in [0.29, 0.717) is 47.3 Å². The second-order valence-electron chi connectivity index (χ2n) is 6.57. The van der Waals surface area contributed by atoms with Crippen molar-refractivity contribution in [1.29, 1.82) is 0 Å². The zero-order valence-electron chi connectivity index (χ0n) is 15.3. The van der Waals surface area contributed by atoms with Crippen molar-refractivity contribution in [1.82, 2.24) is 9.29 Å². The number of sulfonamides is 1. The lowest BCUT2D eigenvalue weighted by Crippen LogP contribution is -2.42. The summed E-state index contributed by atoms with van der Waals surface area (Å²) in [5.74, 6) is 0.920. The first-order valence-electron chi connectivity index (χ1n) is 8.66. The number of carbonyl (C=O) groups is 1. The van der Waals surface area contributed by atoms with Crippen LogP contribution in [0.15, 0.2) is 34.1 Å². The summed E-state index contributed by atoms with van der Waals surface area (Å²) >= 11 is 1.26. The number of methoxy groups -OCH3 is 1. The Morgan fingerprint density at radius 3 is 2.96 bits per heavy atom. The van der Waals surface area contributed by atoms with Gasteiger partial charge in [0.05, 0.1) is 13.4 Å². The number of fused-ring (bicyclic) bond motifs is 1. The highest BCUT2D eigenvalue weighted by Crippen LogP contribution is 2.32. The minimum Gasteiger partial charge on any atom is -0.497 e. The van der Waals surface area contributed by atoms with Crippen molar-refractivity contribution >= 4 is 43.4 Å². The maximum atomic E-state index is 12.5. The molecule has 1 unspecified atom stereocenters. The third-order valence-corrected chi connectivity index (χ3v) is 6.69. The number of nitrogens with zero attached hydrogens (tertiary/aromatic N) is 2. The number of thiazole rings is 1. The topological polar surface area (TPSA) is 102 Å². The van der Waals surface area contributed by atoms with Gasteiger partial charge in [-0.15, -0.1) is 11.3 Å². The van der Waals surface area contributed by atoms with Crippen LogP contribution in [0.25, 0.3) is 22.4 Å². The second kappa shape index (κ2) is 7.19. The summed E-state index contributed by atoms with van der Waals surface area (Å²) < 4.78 is 35.9. The monoisotopic (exact) mass is 421 g/mol. The molecule has 0 radical (unpaired) electrons. The molecular weight excluding hydrogens is 402 g/mol. The SMILES string of the molecule is COc1ccc2cc(-c3csc(NC(=O)C4CCCN4S(C)(=O)=O)n3)oc2c1. The molecular formula is C18H19N3O5S2. The van der Waals surface area contributed by atoms with Crippen LogP contribution >= 0.6 is 11.3 Å². The fraction of sp³-hybridized carbons (Fsp3) is 0.333. The molecule has 1 fully saturated rings. The quantitative estimate of drug-likeness (QED) is 0.680. The predicted octanol–water partition coefficient (Wildman–Crippen LogP) is 2.93. The zero-order valence-corrected chi connectivity index (χ0v) is 17.0. The van der Waals surface area contributed by atoms with Crippen molar-refractivity contribution in [2.24, 2.45) is 0 Å². The molecule has 0 bridgehead atoms. The Hall–Kier alpha value is -2.43. The number of rotatable bonds is 5. The Kier molecular flexibility index (Phi) is 4.86. The fourth-order valence-electron chi connectivity index (χ4n) is 3.30. The predicted molar refractivity (Wildman–Crippen MR) is 107 cm³/mol. The summed E-state index contributed by atoms with van der Waals surface area (Å²) in [7, 11) is -1.82. The molecule has 4 rings (SSSR count). The molecule has 148 valence electrons. The number of anilines is 1. The minimum absolute atomic E-state index is 0.363. The molecule has 1 saturated heterocycles. The molecule has 0 aliphatic carbocycles. The molecule has 0 saturated carbocycles.